The number of rotatable bonds is 4. The smallest absolute Gasteiger partial charge is 0.291 e. The van der Waals surface area contributed by atoms with Crippen molar-refractivity contribution in [3.63, 3.8) is 0 Å². The molecular weight excluding hydrogens is 352 g/mol. The van der Waals surface area contributed by atoms with E-state index in [-0.39, 0.29) is 18.0 Å². The van der Waals surface area contributed by atoms with E-state index in [1.54, 1.807) is 29.5 Å². The van der Waals surface area contributed by atoms with Crippen molar-refractivity contribution in [2.24, 2.45) is 0 Å². The molecule has 4 rings (SSSR count). The Morgan fingerprint density at radius 3 is 2.92 bits per heavy atom. The fourth-order valence-corrected chi connectivity index (χ4v) is 3.92. The summed E-state index contributed by atoms with van der Waals surface area (Å²) in [7, 11) is 1.53. The third-order valence-corrected chi connectivity index (χ3v) is 5.04. The molecule has 7 nitrogen and oxygen atoms in total. The summed E-state index contributed by atoms with van der Waals surface area (Å²) in [5.41, 5.74) is 0.771. The van der Waals surface area contributed by atoms with E-state index in [1.165, 1.54) is 11.8 Å². The van der Waals surface area contributed by atoms with Crippen molar-refractivity contribution in [2.75, 3.05) is 12.4 Å². The Labute approximate surface area is 152 Å². The average molecular weight is 368 g/mol. The van der Waals surface area contributed by atoms with Gasteiger partial charge in [-0.1, -0.05) is 12.1 Å². The van der Waals surface area contributed by atoms with Crippen LogP contribution in [0.4, 0.5) is 5.69 Å². The van der Waals surface area contributed by atoms with Crippen molar-refractivity contribution in [2.45, 2.75) is 13.5 Å². The second-order valence-corrected chi connectivity index (χ2v) is 6.70. The zero-order chi connectivity index (χ0) is 18.3. The van der Waals surface area contributed by atoms with E-state index in [1.807, 2.05) is 34.9 Å². The summed E-state index contributed by atoms with van der Waals surface area (Å²) in [4.78, 5) is 26.1. The van der Waals surface area contributed by atoms with Crippen LogP contribution in [0.25, 0.3) is 15.7 Å². The quantitative estimate of drug-likeness (QED) is 0.601. The van der Waals surface area contributed by atoms with E-state index >= 15 is 0 Å². The van der Waals surface area contributed by atoms with Crippen LogP contribution in [-0.2, 0) is 11.3 Å². The number of methoxy groups -OCH3 is 1. The minimum atomic E-state index is -0.346. The van der Waals surface area contributed by atoms with E-state index in [4.69, 9.17) is 4.74 Å². The van der Waals surface area contributed by atoms with E-state index in [0.29, 0.717) is 22.8 Å². The molecule has 0 fully saturated rings. The number of carbonyl (C=O) groups is 1. The zero-order valence-electron chi connectivity index (χ0n) is 14.2. The molecule has 0 saturated heterocycles. The largest absolute Gasteiger partial charge is 0.495 e. The molecule has 0 aliphatic rings. The topological polar surface area (TPSA) is 77.6 Å². The molecule has 0 aliphatic carbocycles. The molecule has 0 radical (unpaired) electrons. The van der Waals surface area contributed by atoms with Gasteiger partial charge in [-0.2, -0.15) is 5.10 Å². The standard InChI is InChI=1S/C18H16N4O3S/c1-11-20-21(10-16(23)19-13-5-3-4-6-15(13)25-2)17(24)14-9-12-7-8-26-18(12)22(11)14/h3-9H,10H2,1-2H3,(H,19,23). The van der Waals surface area contributed by atoms with Crippen molar-refractivity contribution in [1.82, 2.24) is 14.2 Å². The lowest BCUT2D eigenvalue weighted by Crippen LogP contribution is -2.31. The molecule has 0 aliphatic heterocycles. The van der Waals surface area contributed by atoms with Crippen molar-refractivity contribution < 1.29 is 9.53 Å². The summed E-state index contributed by atoms with van der Waals surface area (Å²) in [6.07, 6.45) is 0. The fourth-order valence-electron chi connectivity index (χ4n) is 2.98. The Balaban J connectivity index is 1.68. The number of thiophene rings is 1. The fraction of sp³-hybridized carbons (Fsp3) is 0.167. The molecule has 1 aromatic carbocycles. The second-order valence-electron chi connectivity index (χ2n) is 5.80. The summed E-state index contributed by atoms with van der Waals surface area (Å²) >= 11 is 1.55. The van der Waals surface area contributed by atoms with Crippen LogP contribution in [0, 0.1) is 6.92 Å². The normalized spacial score (nSPS) is 11.2. The minimum absolute atomic E-state index is 0.174. The first-order valence-corrected chi connectivity index (χ1v) is 8.85. The van der Waals surface area contributed by atoms with E-state index in [9.17, 15) is 9.59 Å². The summed E-state index contributed by atoms with van der Waals surface area (Å²) in [5, 5.41) is 10.0. The van der Waals surface area contributed by atoms with Crippen LogP contribution in [-0.4, -0.2) is 27.2 Å². The van der Waals surface area contributed by atoms with Crippen LogP contribution in [0.2, 0.25) is 0 Å². The number of hydrogen-bond donors (Lipinski definition) is 1. The Morgan fingerprint density at radius 1 is 1.31 bits per heavy atom. The van der Waals surface area contributed by atoms with Gasteiger partial charge in [-0.05, 0) is 36.6 Å². The molecule has 0 atom stereocenters. The third kappa shape index (κ3) is 2.64. The predicted molar refractivity (Wildman–Crippen MR) is 101 cm³/mol. The van der Waals surface area contributed by atoms with E-state index in [0.717, 1.165) is 10.2 Å². The summed E-state index contributed by atoms with van der Waals surface area (Å²) in [6, 6.07) is 10.9. The van der Waals surface area contributed by atoms with Gasteiger partial charge in [0.05, 0.1) is 12.8 Å². The number of aromatic nitrogens is 3. The average Bonchev–Trinajstić information content (AvgIpc) is 3.21. The maximum atomic E-state index is 12.7. The molecule has 1 amide bonds. The van der Waals surface area contributed by atoms with Gasteiger partial charge in [0.2, 0.25) is 5.91 Å². The Bertz CT molecular complexity index is 1190. The van der Waals surface area contributed by atoms with Gasteiger partial charge >= 0.3 is 0 Å². The molecule has 8 heteroatoms. The van der Waals surface area contributed by atoms with Gasteiger partial charge in [0.15, 0.2) is 0 Å². The van der Waals surface area contributed by atoms with Gasteiger partial charge in [0.25, 0.3) is 5.56 Å². The molecule has 3 aromatic heterocycles. The minimum Gasteiger partial charge on any atom is -0.495 e. The SMILES string of the molecule is COc1ccccc1NC(=O)Cn1nc(C)n2c(cc3ccsc32)c1=O. The molecule has 132 valence electrons. The maximum absolute atomic E-state index is 12.7. The van der Waals surface area contributed by atoms with Crippen molar-refractivity contribution in [3.8, 4) is 5.75 Å². The van der Waals surface area contributed by atoms with Gasteiger partial charge in [0.1, 0.15) is 28.5 Å². The number of aryl methyl sites for hydroxylation is 1. The summed E-state index contributed by atoms with van der Waals surface area (Å²) in [6.45, 7) is 1.65. The molecule has 4 aromatic rings. The molecule has 0 bridgehead atoms. The number of fused-ring (bicyclic) bond motifs is 3. The lowest BCUT2D eigenvalue weighted by Gasteiger charge is -2.11. The van der Waals surface area contributed by atoms with Crippen LogP contribution in [0.15, 0.2) is 46.6 Å². The number of carbonyl (C=O) groups excluding carboxylic acids is 1. The Kier molecular flexibility index (Phi) is 3.96. The summed E-state index contributed by atoms with van der Waals surface area (Å²) < 4.78 is 8.24. The number of para-hydroxylation sites is 2. The van der Waals surface area contributed by atoms with Gasteiger partial charge in [-0.15, -0.1) is 11.3 Å². The predicted octanol–water partition coefficient (Wildman–Crippen LogP) is 2.67. The van der Waals surface area contributed by atoms with Crippen molar-refractivity contribution >= 4 is 38.7 Å². The highest BCUT2D eigenvalue weighted by molar-refractivity contribution is 7.16. The van der Waals surface area contributed by atoms with Crippen LogP contribution in [0.5, 0.6) is 5.75 Å². The molecule has 0 unspecified atom stereocenters. The van der Waals surface area contributed by atoms with Gasteiger partial charge < -0.3 is 10.1 Å². The number of amides is 1. The highest BCUT2D eigenvalue weighted by atomic mass is 32.1. The lowest BCUT2D eigenvalue weighted by atomic mass is 10.3. The first-order valence-electron chi connectivity index (χ1n) is 7.97. The summed E-state index contributed by atoms with van der Waals surface area (Å²) in [5.74, 6) is 0.864. The van der Waals surface area contributed by atoms with Crippen molar-refractivity contribution in [1.29, 1.82) is 0 Å². The van der Waals surface area contributed by atoms with Crippen molar-refractivity contribution in [3.05, 3.63) is 58.0 Å². The third-order valence-electron chi connectivity index (χ3n) is 4.13. The van der Waals surface area contributed by atoms with Crippen LogP contribution in [0.3, 0.4) is 0 Å². The van der Waals surface area contributed by atoms with Gasteiger partial charge in [0, 0.05) is 5.39 Å². The van der Waals surface area contributed by atoms with Crippen LogP contribution in [0.1, 0.15) is 5.82 Å². The van der Waals surface area contributed by atoms with Crippen LogP contribution >= 0.6 is 11.3 Å². The number of ether oxygens (including phenoxy) is 1. The van der Waals surface area contributed by atoms with Gasteiger partial charge in [-0.3, -0.25) is 14.0 Å². The number of hydrogen-bond acceptors (Lipinski definition) is 5. The maximum Gasteiger partial charge on any atom is 0.291 e. The molecule has 3 heterocycles. The molecule has 0 spiro atoms. The Morgan fingerprint density at radius 2 is 2.12 bits per heavy atom. The molecule has 26 heavy (non-hydrogen) atoms. The lowest BCUT2D eigenvalue weighted by molar-refractivity contribution is -0.117. The number of anilines is 1. The van der Waals surface area contributed by atoms with Gasteiger partial charge in [-0.25, -0.2) is 4.68 Å². The number of nitrogens with one attached hydrogen (secondary N) is 1. The van der Waals surface area contributed by atoms with E-state index < -0.39 is 0 Å². The second kappa shape index (κ2) is 6.30. The first kappa shape index (κ1) is 16.3. The van der Waals surface area contributed by atoms with E-state index in [2.05, 4.69) is 10.4 Å². The monoisotopic (exact) mass is 368 g/mol. The highest BCUT2D eigenvalue weighted by Crippen LogP contribution is 2.25. The Hall–Kier alpha value is -3.13. The molecule has 1 N–H and O–H groups in total. The molecular formula is C18H16N4O3S. The number of nitrogens with zero attached hydrogens (tertiary/aromatic N) is 3. The van der Waals surface area contributed by atoms with Crippen LogP contribution < -0.4 is 15.6 Å². The number of benzene rings is 1. The molecule has 0 saturated carbocycles. The zero-order valence-corrected chi connectivity index (χ0v) is 15.0. The highest BCUT2D eigenvalue weighted by Gasteiger charge is 2.15. The first-order chi connectivity index (χ1) is 12.6.